The van der Waals surface area contributed by atoms with Crippen LogP contribution in [-0.2, 0) is 6.42 Å². The fraction of sp³-hybridized carbons (Fsp3) is 0.444. The van der Waals surface area contributed by atoms with Gasteiger partial charge in [-0.25, -0.2) is 13.2 Å². The Kier molecular flexibility index (Phi) is 8.59. The minimum absolute atomic E-state index is 0.0570. The second-order valence-corrected chi connectivity index (χ2v) is 9.69. The molecule has 1 atom stereocenters. The van der Waals surface area contributed by atoms with Gasteiger partial charge in [-0.1, -0.05) is 11.6 Å². The van der Waals surface area contributed by atoms with Crippen molar-refractivity contribution in [2.75, 3.05) is 26.8 Å². The van der Waals surface area contributed by atoms with Crippen LogP contribution in [0.2, 0.25) is 5.02 Å². The number of fused-ring (bicyclic) bond motifs is 1. The Balaban J connectivity index is 1.42. The number of aliphatic hydroxyl groups excluding tert-OH is 1. The zero-order valence-corrected chi connectivity index (χ0v) is 20.9. The number of nitrogens with one attached hydrogen (secondary N) is 1. The molecule has 1 saturated heterocycles. The average Bonchev–Trinajstić information content (AvgIpc) is 2.88. The van der Waals surface area contributed by atoms with Gasteiger partial charge in [-0.2, -0.15) is 0 Å². The van der Waals surface area contributed by atoms with Gasteiger partial charge in [0.2, 0.25) is 0 Å². The van der Waals surface area contributed by atoms with Gasteiger partial charge in [-0.15, -0.1) is 0 Å². The third kappa shape index (κ3) is 5.88. The molecule has 0 amide bonds. The van der Waals surface area contributed by atoms with Crippen LogP contribution in [0.5, 0.6) is 11.5 Å². The van der Waals surface area contributed by atoms with E-state index in [2.05, 4.69) is 10.3 Å². The number of benzene rings is 2. The van der Waals surface area contributed by atoms with E-state index in [-0.39, 0.29) is 24.2 Å². The van der Waals surface area contributed by atoms with Crippen molar-refractivity contribution in [2.45, 2.75) is 44.6 Å². The summed E-state index contributed by atoms with van der Waals surface area (Å²) in [5, 5.41) is 16.1. The Labute approximate surface area is 213 Å². The maximum Gasteiger partial charge on any atom is 0.194 e. The van der Waals surface area contributed by atoms with Gasteiger partial charge >= 0.3 is 0 Å². The van der Waals surface area contributed by atoms with Crippen molar-refractivity contribution in [1.82, 2.24) is 10.3 Å². The van der Waals surface area contributed by atoms with E-state index < -0.39 is 23.6 Å². The summed E-state index contributed by atoms with van der Waals surface area (Å²) < 4.78 is 50.9. The summed E-state index contributed by atoms with van der Waals surface area (Å²) in [6.07, 6.45) is 5.19. The second kappa shape index (κ2) is 11.7. The number of hydrogen-bond acceptors (Lipinski definition) is 5. The first-order valence-electron chi connectivity index (χ1n) is 12.1. The minimum atomic E-state index is -1.53. The largest absolute Gasteiger partial charge is 0.497 e. The molecule has 1 fully saturated rings. The summed E-state index contributed by atoms with van der Waals surface area (Å²) in [5.41, 5.74) is 1.53. The van der Waals surface area contributed by atoms with Crippen molar-refractivity contribution in [3.05, 3.63) is 64.6 Å². The Bertz CT molecular complexity index is 1180. The lowest BCUT2D eigenvalue weighted by Crippen LogP contribution is -2.45. The van der Waals surface area contributed by atoms with Gasteiger partial charge in [0.15, 0.2) is 17.5 Å². The predicted molar refractivity (Wildman–Crippen MR) is 133 cm³/mol. The molecule has 194 valence electrons. The Hall–Kier alpha value is -2.55. The Morgan fingerprint density at radius 3 is 2.53 bits per heavy atom. The van der Waals surface area contributed by atoms with Crippen LogP contribution in [0.3, 0.4) is 0 Å². The SMILES string of the molecule is COc1ccc2ncc(Cl)c(CCCC3(C(O)CCOc4cc(F)c(F)c(F)c4)CCNCC3)c2c1. The number of pyridine rings is 1. The smallest absolute Gasteiger partial charge is 0.194 e. The van der Waals surface area contributed by atoms with E-state index in [4.69, 9.17) is 21.1 Å². The molecule has 1 aromatic heterocycles. The molecule has 5 nitrogen and oxygen atoms in total. The molecule has 1 unspecified atom stereocenters. The standard InChI is InChI=1S/C27H30ClF3N2O3/c1-35-17-4-5-24-20(13-17)19(21(28)16-33-24)3-2-7-27(8-10-32-11-9-27)25(34)6-12-36-18-14-22(29)26(31)23(30)15-18/h4-5,13-16,25,32,34H,2-3,6-12H2,1H3. The number of halogens is 4. The maximum absolute atomic E-state index is 13.5. The number of piperidine rings is 1. The molecule has 0 aliphatic carbocycles. The molecule has 36 heavy (non-hydrogen) atoms. The number of hydrogen-bond donors (Lipinski definition) is 2. The van der Waals surface area contributed by atoms with Gasteiger partial charge in [0.25, 0.3) is 0 Å². The van der Waals surface area contributed by atoms with Crippen LogP contribution in [0.1, 0.15) is 37.7 Å². The van der Waals surface area contributed by atoms with Crippen LogP contribution < -0.4 is 14.8 Å². The van der Waals surface area contributed by atoms with Crippen LogP contribution in [-0.4, -0.2) is 43.0 Å². The summed E-state index contributed by atoms with van der Waals surface area (Å²) in [5.74, 6) is -3.51. The van der Waals surface area contributed by atoms with E-state index in [1.54, 1.807) is 13.3 Å². The zero-order chi connectivity index (χ0) is 25.7. The molecule has 2 aromatic carbocycles. The Morgan fingerprint density at radius 2 is 1.83 bits per heavy atom. The van der Waals surface area contributed by atoms with E-state index in [9.17, 15) is 18.3 Å². The first-order valence-corrected chi connectivity index (χ1v) is 12.5. The molecule has 0 saturated carbocycles. The van der Waals surface area contributed by atoms with E-state index in [1.807, 2.05) is 18.2 Å². The third-order valence-electron chi connectivity index (χ3n) is 7.16. The topological polar surface area (TPSA) is 63.6 Å². The summed E-state index contributed by atoms with van der Waals surface area (Å²) in [6.45, 7) is 1.65. The maximum atomic E-state index is 13.5. The third-order valence-corrected chi connectivity index (χ3v) is 7.48. The van der Waals surface area contributed by atoms with Crippen LogP contribution in [0.4, 0.5) is 13.2 Å². The van der Waals surface area contributed by atoms with E-state index in [1.165, 1.54) is 0 Å². The van der Waals surface area contributed by atoms with Gasteiger partial charge in [0.1, 0.15) is 11.5 Å². The van der Waals surface area contributed by atoms with E-state index in [0.29, 0.717) is 5.02 Å². The molecule has 0 radical (unpaired) electrons. The molecular weight excluding hydrogens is 493 g/mol. The van der Waals surface area contributed by atoms with Crippen molar-refractivity contribution in [3.8, 4) is 11.5 Å². The second-order valence-electron chi connectivity index (χ2n) is 9.29. The molecule has 1 aliphatic rings. The average molecular weight is 523 g/mol. The normalized spacial score (nSPS) is 16.2. The number of aromatic nitrogens is 1. The van der Waals surface area contributed by atoms with Crippen molar-refractivity contribution < 1.29 is 27.8 Å². The first-order chi connectivity index (χ1) is 17.3. The highest BCUT2D eigenvalue weighted by atomic mass is 35.5. The first kappa shape index (κ1) is 26.5. The molecule has 3 aromatic rings. The molecular formula is C27H30ClF3N2O3. The van der Waals surface area contributed by atoms with E-state index in [0.717, 1.165) is 79.5 Å². The summed E-state index contributed by atoms with van der Waals surface area (Å²) in [7, 11) is 1.62. The summed E-state index contributed by atoms with van der Waals surface area (Å²) in [6, 6.07) is 7.33. The zero-order valence-electron chi connectivity index (χ0n) is 20.1. The van der Waals surface area contributed by atoms with Crippen molar-refractivity contribution in [3.63, 3.8) is 0 Å². The van der Waals surface area contributed by atoms with Crippen LogP contribution in [0, 0.1) is 22.9 Å². The van der Waals surface area contributed by atoms with Gasteiger partial charge in [-0.05, 0) is 74.4 Å². The van der Waals surface area contributed by atoms with Crippen molar-refractivity contribution in [2.24, 2.45) is 5.41 Å². The van der Waals surface area contributed by atoms with Gasteiger partial charge < -0.3 is 19.9 Å². The number of methoxy groups -OCH3 is 1. The van der Waals surface area contributed by atoms with Crippen LogP contribution in [0.15, 0.2) is 36.5 Å². The molecule has 2 N–H and O–H groups in total. The summed E-state index contributed by atoms with van der Waals surface area (Å²) in [4.78, 5) is 4.41. The van der Waals surface area contributed by atoms with Crippen molar-refractivity contribution in [1.29, 1.82) is 0 Å². The molecule has 0 spiro atoms. The molecule has 2 heterocycles. The van der Waals surface area contributed by atoms with Gasteiger partial charge in [-0.3, -0.25) is 4.98 Å². The molecule has 9 heteroatoms. The predicted octanol–water partition coefficient (Wildman–Crippen LogP) is 5.84. The Morgan fingerprint density at radius 1 is 1.11 bits per heavy atom. The summed E-state index contributed by atoms with van der Waals surface area (Å²) >= 11 is 6.52. The van der Waals surface area contributed by atoms with E-state index >= 15 is 0 Å². The number of aryl methyl sites for hydroxylation is 1. The lowest BCUT2D eigenvalue weighted by molar-refractivity contribution is -0.0189. The molecule has 0 bridgehead atoms. The van der Waals surface area contributed by atoms with Gasteiger partial charge in [0, 0.05) is 30.1 Å². The highest BCUT2D eigenvalue weighted by molar-refractivity contribution is 6.32. The molecule has 4 rings (SSSR count). The highest BCUT2D eigenvalue weighted by Crippen LogP contribution is 2.40. The highest BCUT2D eigenvalue weighted by Gasteiger charge is 2.38. The quantitative estimate of drug-likeness (QED) is 0.328. The van der Waals surface area contributed by atoms with Crippen molar-refractivity contribution >= 4 is 22.5 Å². The minimum Gasteiger partial charge on any atom is -0.497 e. The fourth-order valence-electron chi connectivity index (χ4n) is 5.09. The molecule has 1 aliphatic heterocycles. The van der Waals surface area contributed by atoms with Crippen LogP contribution in [0.25, 0.3) is 10.9 Å². The number of nitrogens with zero attached hydrogens (tertiary/aromatic N) is 1. The number of rotatable bonds is 10. The fourth-order valence-corrected chi connectivity index (χ4v) is 5.33. The number of aliphatic hydroxyl groups is 1. The number of ether oxygens (including phenoxy) is 2. The lowest BCUT2D eigenvalue weighted by atomic mass is 9.69. The van der Waals surface area contributed by atoms with Crippen LogP contribution >= 0.6 is 11.6 Å². The van der Waals surface area contributed by atoms with Gasteiger partial charge in [0.05, 0.1) is 30.4 Å². The monoisotopic (exact) mass is 522 g/mol. The lowest BCUT2D eigenvalue weighted by Gasteiger charge is -2.42.